The summed E-state index contributed by atoms with van der Waals surface area (Å²) in [7, 11) is 0. The molecule has 0 aliphatic rings. The van der Waals surface area contributed by atoms with Crippen LogP contribution in [-0.2, 0) is 14.3 Å². The van der Waals surface area contributed by atoms with Gasteiger partial charge in [-0.1, -0.05) is 26.7 Å². The van der Waals surface area contributed by atoms with Crippen molar-refractivity contribution in [3.8, 4) is 0 Å². The summed E-state index contributed by atoms with van der Waals surface area (Å²) in [4.78, 5) is 22.5. The predicted octanol–water partition coefficient (Wildman–Crippen LogP) is 1.04. The van der Waals surface area contributed by atoms with E-state index in [0.29, 0.717) is 0 Å². The van der Waals surface area contributed by atoms with Gasteiger partial charge in [0, 0.05) is 0 Å². The second-order valence-corrected chi connectivity index (χ2v) is 4.91. The molecule has 5 nitrogen and oxygen atoms in total. The van der Waals surface area contributed by atoms with E-state index >= 15 is 0 Å². The second-order valence-electron chi connectivity index (χ2n) is 4.91. The summed E-state index contributed by atoms with van der Waals surface area (Å²) >= 11 is 0. The third-order valence-electron chi connectivity index (χ3n) is 3.09. The first-order valence-corrected chi connectivity index (χ1v) is 7.11. The molecular weight excluding hydrogens is 292 g/mol. The SMILES string of the molecule is CCCCCC(CC)OC(=O)C(C)NC(C)C(=O)O.[NaH].[NaH]. The van der Waals surface area contributed by atoms with Gasteiger partial charge in [0.05, 0.1) is 0 Å². The molecule has 0 saturated heterocycles. The van der Waals surface area contributed by atoms with Gasteiger partial charge in [-0.05, 0) is 33.1 Å². The third-order valence-corrected chi connectivity index (χ3v) is 3.09. The first-order valence-electron chi connectivity index (χ1n) is 7.11. The molecule has 0 spiro atoms. The Bertz CT molecular complexity index is 290. The molecule has 2 N–H and O–H groups in total. The number of carbonyl (C=O) groups is 2. The zero-order valence-electron chi connectivity index (χ0n) is 12.4. The summed E-state index contributed by atoms with van der Waals surface area (Å²) in [5, 5.41) is 11.5. The Hall–Kier alpha value is 0.900. The quantitative estimate of drug-likeness (QED) is 0.357. The average Bonchev–Trinajstić information content (AvgIpc) is 2.37. The van der Waals surface area contributed by atoms with E-state index in [4.69, 9.17) is 9.84 Å². The van der Waals surface area contributed by atoms with Crippen LogP contribution < -0.4 is 5.32 Å². The molecule has 0 bridgehead atoms. The number of carboxylic acids is 1. The summed E-state index contributed by atoms with van der Waals surface area (Å²) in [6.07, 6.45) is 4.92. The summed E-state index contributed by atoms with van der Waals surface area (Å²) in [5.74, 6) is -1.36. The molecule has 7 heteroatoms. The van der Waals surface area contributed by atoms with Gasteiger partial charge in [0.25, 0.3) is 0 Å². The van der Waals surface area contributed by atoms with Crippen molar-refractivity contribution in [3.63, 3.8) is 0 Å². The number of ether oxygens (including phenoxy) is 1. The molecule has 3 atom stereocenters. The topological polar surface area (TPSA) is 75.6 Å². The molecule has 0 amide bonds. The summed E-state index contributed by atoms with van der Waals surface area (Å²) in [5.41, 5.74) is 0. The van der Waals surface area contributed by atoms with Crippen LogP contribution in [0.3, 0.4) is 0 Å². The Labute approximate surface area is 172 Å². The van der Waals surface area contributed by atoms with Crippen LogP contribution >= 0.6 is 0 Å². The van der Waals surface area contributed by atoms with Crippen molar-refractivity contribution in [2.75, 3.05) is 0 Å². The molecular formula is C14H29NNa2O4. The van der Waals surface area contributed by atoms with Crippen molar-refractivity contribution in [1.29, 1.82) is 0 Å². The number of unbranched alkanes of at least 4 members (excludes halogenated alkanes) is 2. The fourth-order valence-corrected chi connectivity index (χ4v) is 1.75. The van der Waals surface area contributed by atoms with E-state index < -0.39 is 18.1 Å². The zero-order chi connectivity index (χ0) is 14.8. The van der Waals surface area contributed by atoms with Gasteiger partial charge in [-0.15, -0.1) is 0 Å². The van der Waals surface area contributed by atoms with E-state index in [1.165, 1.54) is 6.92 Å². The van der Waals surface area contributed by atoms with Crippen LogP contribution in [0.2, 0.25) is 0 Å². The molecule has 3 unspecified atom stereocenters. The fourth-order valence-electron chi connectivity index (χ4n) is 1.75. The van der Waals surface area contributed by atoms with Gasteiger partial charge in [0.1, 0.15) is 18.2 Å². The molecule has 0 radical (unpaired) electrons. The minimum absolute atomic E-state index is 0. The zero-order valence-corrected chi connectivity index (χ0v) is 12.4. The second kappa shape index (κ2) is 15.8. The van der Waals surface area contributed by atoms with Crippen LogP contribution in [0.15, 0.2) is 0 Å². The molecule has 0 rings (SSSR count). The van der Waals surface area contributed by atoms with Gasteiger partial charge in [-0.25, -0.2) is 0 Å². The Morgan fingerprint density at radius 3 is 2.10 bits per heavy atom. The van der Waals surface area contributed by atoms with Crippen LogP contribution in [0.5, 0.6) is 0 Å². The van der Waals surface area contributed by atoms with Crippen molar-refractivity contribution in [3.05, 3.63) is 0 Å². The number of nitrogens with one attached hydrogen (secondary N) is 1. The van der Waals surface area contributed by atoms with Gasteiger partial charge in [-0.2, -0.15) is 0 Å². The summed E-state index contributed by atoms with van der Waals surface area (Å²) in [6, 6.07) is -1.37. The number of rotatable bonds is 10. The van der Waals surface area contributed by atoms with E-state index in [1.54, 1.807) is 6.92 Å². The number of aliphatic carboxylic acids is 1. The van der Waals surface area contributed by atoms with Crippen LogP contribution in [0.25, 0.3) is 0 Å². The normalized spacial score (nSPS) is 14.1. The Morgan fingerprint density at radius 1 is 1.10 bits per heavy atom. The van der Waals surface area contributed by atoms with E-state index in [9.17, 15) is 9.59 Å². The maximum atomic E-state index is 11.8. The predicted molar refractivity (Wildman–Crippen MR) is 88.3 cm³/mol. The number of carboxylic acid groups (broad SMARTS) is 1. The van der Waals surface area contributed by atoms with E-state index in [-0.39, 0.29) is 71.2 Å². The number of hydrogen-bond acceptors (Lipinski definition) is 4. The molecule has 0 aromatic carbocycles. The minimum atomic E-state index is -0.977. The first kappa shape index (κ1) is 26.8. The van der Waals surface area contributed by atoms with Crippen molar-refractivity contribution in [1.82, 2.24) is 5.32 Å². The maximum absolute atomic E-state index is 11.8. The van der Waals surface area contributed by atoms with Gasteiger partial charge < -0.3 is 9.84 Å². The van der Waals surface area contributed by atoms with E-state index in [2.05, 4.69) is 12.2 Å². The van der Waals surface area contributed by atoms with Gasteiger partial charge >= 0.3 is 71.1 Å². The monoisotopic (exact) mass is 321 g/mol. The molecule has 0 aliphatic heterocycles. The van der Waals surface area contributed by atoms with Crippen molar-refractivity contribution >= 4 is 71.1 Å². The van der Waals surface area contributed by atoms with E-state index in [0.717, 1.165) is 32.1 Å². The van der Waals surface area contributed by atoms with Crippen LogP contribution in [0, 0.1) is 0 Å². The Balaban J connectivity index is -0.00000162. The molecule has 21 heavy (non-hydrogen) atoms. The van der Waals surface area contributed by atoms with Crippen molar-refractivity contribution in [2.24, 2.45) is 0 Å². The first-order chi connectivity index (χ1) is 8.92. The third kappa shape index (κ3) is 13.1. The van der Waals surface area contributed by atoms with Gasteiger partial charge in [0.15, 0.2) is 0 Å². The van der Waals surface area contributed by atoms with Gasteiger partial charge in [-0.3, -0.25) is 14.9 Å². The van der Waals surface area contributed by atoms with E-state index in [1.807, 2.05) is 6.92 Å². The fraction of sp³-hybridized carbons (Fsp3) is 0.857. The number of hydrogen-bond donors (Lipinski definition) is 2. The molecule has 0 fully saturated rings. The van der Waals surface area contributed by atoms with Crippen LogP contribution in [-0.4, -0.2) is 94.3 Å². The average molecular weight is 321 g/mol. The molecule has 0 heterocycles. The molecule has 0 aromatic rings. The summed E-state index contributed by atoms with van der Waals surface area (Å²) < 4.78 is 5.39. The van der Waals surface area contributed by atoms with Crippen LogP contribution in [0.4, 0.5) is 0 Å². The number of esters is 1. The van der Waals surface area contributed by atoms with Gasteiger partial charge in [0.2, 0.25) is 0 Å². The standard InChI is InChI=1S/C14H27NO4.2Na.2H/c1-5-7-8-9-12(6-2)19-14(18)11(4)15-10(3)13(16)17;;;;/h10-12,15H,5-9H2,1-4H3,(H,16,17);;;;. The Morgan fingerprint density at radius 2 is 1.67 bits per heavy atom. The molecule has 116 valence electrons. The number of carbonyl (C=O) groups excluding carboxylic acids is 1. The molecule has 0 saturated carbocycles. The Kier molecular flexibility index (Phi) is 20.1. The van der Waals surface area contributed by atoms with Crippen molar-refractivity contribution < 1.29 is 19.4 Å². The summed E-state index contributed by atoms with van der Waals surface area (Å²) in [6.45, 7) is 7.25. The van der Waals surface area contributed by atoms with Crippen LogP contribution in [0.1, 0.15) is 59.8 Å². The molecule has 0 aromatic heterocycles. The van der Waals surface area contributed by atoms with Crippen molar-refractivity contribution in [2.45, 2.75) is 78.0 Å². The molecule has 0 aliphatic carbocycles.